The summed E-state index contributed by atoms with van der Waals surface area (Å²) < 4.78 is 33.2. The Labute approximate surface area is 234 Å². The van der Waals surface area contributed by atoms with E-state index in [-0.39, 0.29) is 23.5 Å². The maximum absolute atomic E-state index is 15.6. The van der Waals surface area contributed by atoms with E-state index >= 15 is 4.39 Å². The number of pyridine rings is 2. The molecule has 5 aromatic rings. The van der Waals surface area contributed by atoms with Crippen molar-refractivity contribution in [3.8, 4) is 34.1 Å². The zero-order chi connectivity index (χ0) is 28.9. The lowest BCUT2D eigenvalue weighted by atomic mass is 10.0. The maximum Gasteiger partial charge on any atom is 0.270 e. The summed E-state index contributed by atoms with van der Waals surface area (Å²) in [6.45, 7) is 0.578. The van der Waals surface area contributed by atoms with Crippen LogP contribution in [0, 0.1) is 5.82 Å². The topological polar surface area (TPSA) is 118 Å². The number of aromatic nitrogens is 2. The van der Waals surface area contributed by atoms with E-state index in [4.69, 9.17) is 19.9 Å². The molecule has 0 aliphatic carbocycles. The van der Waals surface area contributed by atoms with Crippen LogP contribution in [0.1, 0.15) is 10.4 Å². The van der Waals surface area contributed by atoms with Gasteiger partial charge in [-0.25, -0.2) is 4.39 Å². The van der Waals surface area contributed by atoms with E-state index in [1.54, 1.807) is 74.1 Å². The number of nitrogens with two attached hydrogens (primary N) is 1. The minimum Gasteiger partial charge on any atom is -0.497 e. The monoisotopic (exact) mass is 554 g/mol. The van der Waals surface area contributed by atoms with E-state index in [1.807, 2.05) is 6.07 Å². The van der Waals surface area contributed by atoms with Crippen LogP contribution < -0.4 is 26.1 Å². The lowest BCUT2D eigenvalue weighted by Crippen LogP contribution is -2.31. The number of rotatable bonds is 10. The summed E-state index contributed by atoms with van der Waals surface area (Å²) >= 11 is 0. The number of anilines is 1. The molecule has 0 aliphatic rings. The number of nitrogens with one attached hydrogen (secondary N) is 1. The molecule has 1 amide bonds. The third kappa shape index (κ3) is 5.59. The Morgan fingerprint density at radius 1 is 1.02 bits per heavy atom. The van der Waals surface area contributed by atoms with Crippen molar-refractivity contribution in [2.45, 2.75) is 0 Å². The van der Waals surface area contributed by atoms with Gasteiger partial charge in [0.1, 0.15) is 17.1 Å². The highest BCUT2D eigenvalue weighted by Gasteiger charge is 2.22. The molecule has 5 rings (SSSR count). The number of hydrogen-bond donors (Lipinski definition) is 2. The zero-order valence-electron chi connectivity index (χ0n) is 22.4. The summed E-state index contributed by atoms with van der Waals surface area (Å²) in [6.07, 6.45) is 3.12. The van der Waals surface area contributed by atoms with Gasteiger partial charge in [0.2, 0.25) is 0 Å². The van der Waals surface area contributed by atoms with Crippen LogP contribution in [-0.2, 0) is 4.74 Å². The van der Waals surface area contributed by atoms with Crippen molar-refractivity contribution in [3.05, 3.63) is 107 Å². The van der Waals surface area contributed by atoms with Gasteiger partial charge < -0.3 is 25.3 Å². The Bertz CT molecular complexity index is 1790. The molecular weight excluding hydrogens is 527 g/mol. The van der Waals surface area contributed by atoms with E-state index in [9.17, 15) is 9.59 Å². The highest BCUT2D eigenvalue weighted by molar-refractivity contribution is 6.02. The van der Waals surface area contributed by atoms with E-state index in [0.29, 0.717) is 45.8 Å². The Balaban J connectivity index is 1.61. The minimum absolute atomic E-state index is 0.0162. The van der Waals surface area contributed by atoms with Gasteiger partial charge in [-0.2, -0.15) is 0 Å². The molecule has 0 radical (unpaired) electrons. The molecule has 0 saturated carbocycles. The largest absolute Gasteiger partial charge is 0.497 e. The van der Waals surface area contributed by atoms with Crippen molar-refractivity contribution in [2.24, 2.45) is 5.73 Å². The standard InChI is InChI=1S/C31H27FN4O5/c1-39-15-14-35-29-23(18-36(20-6-4-3-5-7-20)31(38)28(29)30(33)37)19-8-11-27(24(32)16-19)41-26-12-13-34-25-17-21(40-2)9-10-22(25)26/h3-13,16-18,35H,14-15H2,1-2H3,(H2,33,37). The van der Waals surface area contributed by atoms with Crippen LogP contribution in [0.4, 0.5) is 10.1 Å². The molecule has 0 aliphatic heterocycles. The molecule has 0 fully saturated rings. The Morgan fingerprint density at radius 2 is 1.83 bits per heavy atom. The van der Waals surface area contributed by atoms with Crippen molar-refractivity contribution < 1.29 is 23.4 Å². The van der Waals surface area contributed by atoms with Crippen molar-refractivity contribution in [3.63, 3.8) is 0 Å². The first kappa shape index (κ1) is 27.4. The number of carbonyl (C=O) groups is 1. The van der Waals surface area contributed by atoms with Crippen molar-refractivity contribution in [1.82, 2.24) is 9.55 Å². The van der Waals surface area contributed by atoms with Gasteiger partial charge in [0.15, 0.2) is 11.6 Å². The number of fused-ring (bicyclic) bond motifs is 1. The highest BCUT2D eigenvalue weighted by Crippen LogP contribution is 2.36. The molecule has 0 bridgehead atoms. The van der Waals surface area contributed by atoms with Crippen LogP contribution >= 0.6 is 0 Å². The van der Waals surface area contributed by atoms with Crippen molar-refractivity contribution >= 4 is 22.5 Å². The third-order valence-corrected chi connectivity index (χ3v) is 6.47. The molecule has 9 nitrogen and oxygen atoms in total. The number of para-hydroxylation sites is 1. The molecule has 0 saturated heterocycles. The van der Waals surface area contributed by atoms with E-state index < -0.39 is 17.3 Å². The molecule has 208 valence electrons. The molecule has 0 spiro atoms. The van der Waals surface area contributed by atoms with Crippen LogP contribution in [0.3, 0.4) is 0 Å². The average Bonchev–Trinajstić information content (AvgIpc) is 2.98. The summed E-state index contributed by atoms with van der Waals surface area (Å²) in [4.78, 5) is 30.3. The average molecular weight is 555 g/mol. The van der Waals surface area contributed by atoms with Gasteiger partial charge in [-0.1, -0.05) is 24.3 Å². The van der Waals surface area contributed by atoms with Gasteiger partial charge in [0.25, 0.3) is 11.5 Å². The van der Waals surface area contributed by atoms with Crippen LogP contribution in [-0.4, -0.2) is 42.8 Å². The number of ether oxygens (including phenoxy) is 3. The zero-order valence-corrected chi connectivity index (χ0v) is 22.4. The van der Waals surface area contributed by atoms with E-state index in [1.165, 1.54) is 23.8 Å². The Morgan fingerprint density at radius 3 is 2.54 bits per heavy atom. The quantitative estimate of drug-likeness (QED) is 0.229. The van der Waals surface area contributed by atoms with Gasteiger partial charge in [-0.3, -0.25) is 19.1 Å². The summed E-state index contributed by atoms with van der Waals surface area (Å²) in [6, 6.07) is 20.2. The van der Waals surface area contributed by atoms with Gasteiger partial charge >= 0.3 is 0 Å². The molecule has 3 N–H and O–H groups in total. The maximum atomic E-state index is 15.6. The Hall–Kier alpha value is -5.22. The highest BCUT2D eigenvalue weighted by atomic mass is 19.1. The van der Waals surface area contributed by atoms with E-state index in [0.717, 1.165) is 0 Å². The van der Waals surface area contributed by atoms with Crippen LogP contribution in [0.15, 0.2) is 90.0 Å². The summed E-state index contributed by atoms with van der Waals surface area (Å²) in [7, 11) is 3.09. The molecule has 10 heteroatoms. The summed E-state index contributed by atoms with van der Waals surface area (Å²) in [5, 5.41) is 3.76. The summed E-state index contributed by atoms with van der Waals surface area (Å²) in [5.41, 5.74) is 6.96. The first-order chi connectivity index (χ1) is 19.9. The number of nitrogens with zero attached hydrogens (tertiary/aromatic N) is 2. The Kier molecular flexibility index (Phi) is 7.93. The van der Waals surface area contributed by atoms with Gasteiger partial charge in [-0.15, -0.1) is 0 Å². The second-order valence-electron chi connectivity index (χ2n) is 9.03. The van der Waals surface area contributed by atoms with Crippen LogP contribution in [0.25, 0.3) is 27.7 Å². The molecule has 3 aromatic carbocycles. The predicted molar refractivity (Wildman–Crippen MR) is 155 cm³/mol. The van der Waals surface area contributed by atoms with Crippen LogP contribution in [0.2, 0.25) is 0 Å². The predicted octanol–water partition coefficient (Wildman–Crippen LogP) is 5.15. The number of primary amides is 1. The van der Waals surface area contributed by atoms with Crippen molar-refractivity contribution in [2.75, 3.05) is 32.7 Å². The smallest absolute Gasteiger partial charge is 0.270 e. The fourth-order valence-corrected chi connectivity index (χ4v) is 4.49. The first-order valence-corrected chi connectivity index (χ1v) is 12.7. The lowest BCUT2D eigenvalue weighted by molar-refractivity contribution is 0.0999. The van der Waals surface area contributed by atoms with Crippen LogP contribution in [0.5, 0.6) is 17.2 Å². The normalized spacial score (nSPS) is 10.9. The molecule has 2 heterocycles. The second kappa shape index (κ2) is 11.9. The fourth-order valence-electron chi connectivity index (χ4n) is 4.49. The van der Waals surface area contributed by atoms with Gasteiger partial charge in [0.05, 0.1) is 24.9 Å². The molecular formula is C31H27FN4O5. The number of hydrogen-bond acceptors (Lipinski definition) is 7. The number of methoxy groups -OCH3 is 2. The van der Waals surface area contributed by atoms with E-state index in [2.05, 4.69) is 10.3 Å². The second-order valence-corrected chi connectivity index (χ2v) is 9.03. The van der Waals surface area contributed by atoms with Crippen molar-refractivity contribution in [1.29, 1.82) is 0 Å². The minimum atomic E-state index is -0.914. The molecule has 41 heavy (non-hydrogen) atoms. The third-order valence-electron chi connectivity index (χ3n) is 6.47. The summed E-state index contributed by atoms with van der Waals surface area (Å²) in [5.74, 6) is -0.526. The fraction of sp³-hybridized carbons (Fsp3) is 0.129. The lowest BCUT2D eigenvalue weighted by Gasteiger charge is -2.19. The number of carbonyl (C=O) groups excluding carboxylic acids is 1. The van der Waals surface area contributed by atoms with Gasteiger partial charge in [0, 0.05) is 48.8 Å². The molecule has 0 unspecified atom stereocenters. The molecule has 2 aromatic heterocycles. The molecule has 0 atom stereocenters. The first-order valence-electron chi connectivity index (χ1n) is 12.7. The SMILES string of the molecule is COCCNc1c(-c2ccc(Oc3ccnc4cc(OC)ccc34)c(F)c2)cn(-c2ccccc2)c(=O)c1C(N)=O. The number of benzene rings is 3. The van der Waals surface area contributed by atoms with Gasteiger partial charge in [-0.05, 0) is 48.0 Å². The number of amides is 1. The number of halogens is 1.